The van der Waals surface area contributed by atoms with Crippen LogP contribution in [-0.2, 0) is 7.05 Å². The summed E-state index contributed by atoms with van der Waals surface area (Å²) in [6, 6.07) is 3.14. The number of benzene rings is 1. The topological polar surface area (TPSA) is 57.0 Å². The Balaban J connectivity index is 2.84. The first-order valence-corrected chi connectivity index (χ1v) is 8.84. The van der Waals surface area contributed by atoms with Crippen molar-refractivity contribution in [2.24, 2.45) is 7.05 Å². The van der Waals surface area contributed by atoms with Crippen LogP contribution in [0.4, 0.5) is 8.78 Å². The van der Waals surface area contributed by atoms with Gasteiger partial charge in [0.25, 0.3) is 0 Å². The van der Waals surface area contributed by atoms with E-state index in [1.807, 2.05) is 0 Å². The maximum atomic E-state index is 14.3. The van der Waals surface area contributed by atoms with Crippen molar-refractivity contribution in [1.29, 1.82) is 0 Å². The lowest BCUT2D eigenvalue weighted by Crippen LogP contribution is -2.07. The van der Waals surface area contributed by atoms with Gasteiger partial charge < -0.3 is 9.30 Å². The molecule has 0 saturated carbocycles. The smallest absolute Gasteiger partial charge is 0.169 e. The first kappa shape index (κ1) is 21.5. The highest BCUT2D eigenvalue weighted by Gasteiger charge is 2.26. The number of allylic oxidation sites excluding steroid dienone is 5. The second kappa shape index (κ2) is 8.93. The maximum Gasteiger partial charge on any atom is 0.169 e. The van der Waals surface area contributed by atoms with E-state index in [1.165, 1.54) is 25.6 Å². The number of aromatic nitrogens is 3. The van der Waals surface area contributed by atoms with Gasteiger partial charge in [-0.3, -0.25) is 4.79 Å². The van der Waals surface area contributed by atoms with Gasteiger partial charge in [0, 0.05) is 13.5 Å². The Hall–Kier alpha value is -2.80. The Morgan fingerprint density at radius 1 is 1.36 bits per heavy atom. The fraction of sp³-hybridized carbons (Fsp3) is 0.250. The normalized spacial score (nSPS) is 12.6. The molecular weight excluding hydrogens is 388 g/mol. The standard InChI is InChI=1S/C20H20ClF2N3O2/c1-6-12(22)17(13(23)7-2)20-25-24-19(26(20)4)16-11(21)9-10-15(28-5)18(16)14(27)8-3/h6-7,9-10H,1,8H2,2-5H3/b13-7+,17-12-. The summed E-state index contributed by atoms with van der Waals surface area (Å²) in [4.78, 5) is 12.6. The van der Waals surface area contributed by atoms with E-state index in [-0.39, 0.29) is 45.6 Å². The third-order valence-corrected chi connectivity index (χ3v) is 4.48. The molecule has 0 N–H and O–H groups in total. The van der Waals surface area contributed by atoms with Crippen LogP contribution in [0.2, 0.25) is 5.02 Å². The number of rotatable bonds is 7. The molecule has 0 bridgehead atoms. The minimum absolute atomic E-state index is 0.0724. The Labute approximate surface area is 167 Å². The highest BCUT2D eigenvalue weighted by molar-refractivity contribution is 6.34. The predicted molar refractivity (Wildman–Crippen MR) is 106 cm³/mol. The zero-order chi connectivity index (χ0) is 21.0. The van der Waals surface area contributed by atoms with Crippen LogP contribution in [0.1, 0.15) is 36.5 Å². The van der Waals surface area contributed by atoms with E-state index in [0.29, 0.717) is 5.75 Å². The number of hydrogen-bond donors (Lipinski definition) is 0. The number of methoxy groups -OCH3 is 1. The molecule has 0 aliphatic rings. The largest absolute Gasteiger partial charge is 0.496 e. The van der Waals surface area contributed by atoms with Gasteiger partial charge in [-0.05, 0) is 25.1 Å². The number of hydrogen-bond acceptors (Lipinski definition) is 4. The van der Waals surface area contributed by atoms with Crippen LogP contribution in [0, 0.1) is 0 Å². The molecule has 0 fully saturated rings. The molecule has 5 nitrogen and oxygen atoms in total. The molecule has 8 heteroatoms. The number of halogens is 3. The van der Waals surface area contributed by atoms with Crippen LogP contribution in [-0.4, -0.2) is 27.7 Å². The van der Waals surface area contributed by atoms with Gasteiger partial charge >= 0.3 is 0 Å². The summed E-state index contributed by atoms with van der Waals surface area (Å²) in [5.74, 6) is -1.50. The van der Waals surface area contributed by atoms with E-state index in [2.05, 4.69) is 16.8 Å². The first-order valence-electron chi connectivity index (χ1n) is 8.46. The minimum atomic E-state index is -0.890. The third-order valence-electron chi connectivity index (χ3n) is 4.17. The van der Waals surface area contributed by atoms with E-state index in [4.69, 9.17) is 16.3 Å². The number of ketones is 1. The lowest BCUT2D eigenvalue weighted by atomic mass is 9.99. The van der Waals surface area contributed by atoms with Gasteiger partial charge in [0.1, 0.15) is 17.4 Å². The molecule has 0 aliphatic heterocycles. The van der Waals surface area contributed by atoms with Crippen molar-refractivity contribution in [2.75, 3.05) is 7.11 Å². The van der Waals surface area contributed by atoms with Gasteiger partial charge in [0.15, 0.2) is 17.4 Å². The summed E-state index contributed by atoms with van der Waals surface area (Å²) in [5.41, 5.74) is 0.135. The summed E-state index contributed by atoms with van der Waals surface area (Å²) in [5, 5.41) is 8.21. The summed E-state index contributed by atoms with van der Waals surface area (Å²) in [6.45, 7) is 6.47. The summed E-state index contributed by atoms with van der Waals surface area (Å²) in [7, 11) is 2.96. The minimum Gasteiger partial charge on any atom is -0.496 e. The van der Waals surface area contributed by atoms with E-state index < -0.39 is 11.7 Å². The molecule has 28 heavy (non-hydrogen) atoms. The molecule has 2 aromatic rings. The second-order valence-corrected chi connectivity index (χ2v) is 6.15. The van der Waals surface area contributed by atoms with E-state index in [1.54, 1.807) is 19.1 Å². The van der Waals surface area contributed by atoms with Crippen molar-refractivity contribution in [3.05, 3.63) is 58.9 Å². The summed E-state index contributed by atoms with van der Waals surface area (Å²) in [6.07, 6.45) is 2.20. The number of carbonyl (C=O) groups excluding carboxylic acids is 1. The van der Waals surface area contributed by atoms with Crippen LogP contribution in [0.25, 0.3) is 17.0 Å². The molecule has 0 unspecified atom stereocenters. The summed E-state index contributed by atoms with van der Waals surface area (Å²) >= 11 is 6.36. The van der Waals surface area contributed by atoms with Crippen molar-refractivity contribution < 1.29 is 18.3 Å². The molecule has 0 spiro atoms. The van der Waals surface area contributed by atoms with Gasteiger partial charge in [-0.15, -0.1) is 10.2 Å². The molecule has 2 rings (SSSR count). The van der Waals surface area contributed by atoms with Crippen LogP contribution in [0.3, 0.4) is 0 Å². The number of carbonyl (C=O) groups is 1. The number of Topliss-reactive ketones (excluding diaryl/α,β-unsaturated/α-hetero) is 1. The Morgan fingerprint density at radius 3 is 2.57 bits per heavy atom. The molecule has 0 radical (unpaired) electrons. The van der Waals surface area contributed by atoms with Crippen molar-refractivity contribution in [3.8, 4) is 17.1 Å². The molecular formula is C20H20ClF2N3O2. The van der Waals surface area contributed by atoms with E-state index in [9.17, 15) is 13.6 Å². The molecule has 0 amide bonds. The van der Waals surface area contributed by atoms with Crippen molar-refractivity contribution >= 4 is 23.0 Å². The fourth-order valence-corrected chi connectivity index (χ4v) is 2.98. The predicted octanol–water partition coefficient (Wildman–Crippen LogP) is 5.48. The Kier molecular flexibility index (Phi) is 6.85. The Bertz CT molecular complexity index is 994. The van der Waals surface area contributed by atoms with Gasteiger partial charge in [-0.2, -0.15) is 0 Å². The highest BCUT2D eigenvalue weighted by atomic mass is 35.5. The number of ether oxygens (including phenoxy) is 1. The van der Waals surface area contributed by atoms with Crippen molar-refractivity contribution in [3.63, 3.8) is 0 Å². The van der Waals surface area contributed by atoms with Crippen LogP contribution >= 0.6 is 11.6 Å². The molecule has 0 saturated heterocycles. The molecule has 148 valence electrons. The lowest BCUT2D eigenvalue weighted by Gasteiger charge is -2.14. The molecule has 1 aromatic heterocycles. The Morgan fingerprint density at radius 2 is 2.04 bits per heavy atom. The number of nitrogens with zero attached hydrogens (tertiary/aromatic N) is 3. The van der Waals surface area contributed by atoms with E-state index in [0.717, 1.165) is 12.2 Å². The van der Waals surface area contributed by atoms with Gasteiger partial charge in [0.05, 0.1) is 28.8 Å². The van der Waals surface area contributed by atoms with Crippen molar-refractivity contribution in [1.82, 2.24) is 14.8 Å². The lowest BCUT2D eigenvalue weighted by molar-refractivity contribution is 0.0986. The van der Waals surface area contributed by atoms with Crippen molar-refractivity contribution in [2.45, 2.75) is 20.3 Å². The van der Waals surface area contributed by atoms with Crippen LogP contribution in [0.15, 0.2) is 42.5 Å². The third kappa shape index (κ3) is 3.75. The SMILES string of the molecule is C=C/C(F)=C(\C(F)=C/C)c1nnc(-c2c(Cl)ccc(OC)c2C(=O)CC)n1C. The quantitative estimate of drug-likeness (QED) is 0.450. The van der Waals surface area contributed by atoms with E-state index >= 15 is 0 Å². The second-order valence-electron chi connectivity index (χ2n) is 5.75. The van der Waals surface area contributed by atoms with Crippen LogP contribution in [0.5, 0.6) is 5.75 Å². The fourth-order valence-electron chi connectivity index (χ4n) is 2.74. The monoisotopic (exact) mass is 407 g/mol. The van der Waals surface area contributed by atoms with Gasteiger partial charge in [-0.1, -0.05) is 31.2 Å². The zero-order valence-corrected chi connectivity index (χ0v) is 16.8. The zero-order valence-electron chi connectivity index (χ0n) is 16.0. The molecule has 1 aromatic carbocycles. The van der Waals surface area contributed by atoms with Gasteiger partial charge in [-0.25, -0.2) is 8.78 Å². The molecule has 1 heterocycles. The maximum absolute atomic E-state index is 14.3. The van der Waals surface area contributed by atoms with Gasteiger partial charge in [0.2, 0.25) is 0 Å². The highest BCUT2D eigenvalue weighted by Crippen LogP contribution is 2.38. The molecule has 0 aliphatic carbocycles. The average molecular weight is 408 g/mol. The first-order chi connectivity index (χ1) is 13.3. The van der Waals surface area contributed by atoms with Crippen LogP contribution < -0.4 is 4.74 Å². The molecule has 0 atom stereocenters. The summed E-state index contributed by atoms with van der Waals surface area (Å²) < 4.78 is 35.2. The average Bonchev–Trinajstić information content (AvgIpc) is 3.07.